The van der Waals surface area contributed by atoms with Crippen molar-refractivity contribution in [2.45, 2.75) is 43.7 Å². The molecule has 7 nitrogen and oxygen atoms in total. The molecule has 1 aromatic heterocycles. The lowest BCUT2D eigenvalue weighted by Crippen LogP contribution is -2.59. The minimum atomic E-state index is -0.385. The molecule has 0 bridgehead atoms. The van der Waals surface area contributed by atoms with Crippen LogP contribution in [0.5, 0.6) is 0 Å². The molecule has 3 atom stereocenters. The Labute approximate surface area is 128 Å². The number of hydrogen-bond acceptors (Lipinski definition) is 6. The minimum absolute atomic E-state index is 0.109. The van der Waals surface area contributed by atoms with Crippen molar-refractivity contribution >= 4 is 5.71 Å². The summed E-state index contributed by atoms with van der Waals surface area (Å²) in [5.74, 6) is 0.418. The topological polar surface area (TPSA) is 77.5 Å². The van der Waals surface area contributed by atoms with Crippen LogP contribution in [0, 0.1) is 11.1 Å². The maximum Gasteiger partial charge on any atom is 0.233 e. The molecule has 2 fully saturated rings. The maximum absolute atomic E-state index is 13.3. The lowest BCUT2D eigenvalue weighted by molar-refractivity contribution is -0.583. The Hall–Kier alpha value is -1.47. The van der Waals surface area contributed by atoms with E-state index in [1.807, 2.05) is 0 Å². The number of rotatable bonds is 1. The highest BCUT2D eigenvalue weighted by molar-refractivity contribution is 5.90. The van der Waals surface area contributed by atoms with Gasteiger partial charge in [0, 0.05) is 32.4 Å². The van der Waals surface area contributed by atoms with Gasteiger partial charge in [-0.25, -0.2) is 9.53 Å². The maximum atomic E-state index is 13.3. The van der Waals surface area contributed by atoms with Crippen molar-refractivity contribution in [3.8, 4) is 0 Å². The van der Waals surface area contributed by atoms with Gasteiger partial charge >= 0.3 is 0 Å². The summed E-state index contributed by atoms with van der Waals surface area (Å²) in [6, 6.07) is 0. The predicted molar refractivity (Wildman–Crippen MR) is 76.5 cm³/mol. The van der Waals surface area contributed by atoms with E-state index < -0.39 is 0 Å². The van der Waals surface area contributed by atoms with Gasteiger partial charge < -0.3 is 9.94 Å². The van der Waals surface area contributed by atoms with E-state index in [1.54, 1.807) is 0 Å². The number of aryl methyl sites for hydroxylation is 1. The van der Waals surface area contributed by atoms with Crippen LogP contribution in [0.3, 0.4) is 0 Å². The number of hydrogen-bond donors (Lipinski definition) is 0. The highest BCUT2D eigenvalue weighted by Gasteiger charge is 2.66. The molecule has 0 spiro atoms. The zero-order valence-electron chi connectivity index (χ0n) is 12.5. The number of nitrogens with zero attached hydrogens (tertiary/aromatic N) is 4. The van der Waals surface area contributed by atoms with Gasteiger partial charge in [0.15, 0.2) is 5.71 Å². The number of hydroxylamine groups is 1. The Bertz CT molecular complexity index is 636. The Morgan fingerprint density at radius 3 is 2.95 bits per heavy atom. The summed E-state index contributed by atoms with van der Waals surface area (Å²) >= 11 is 0. The number of fused-ring (bicyclic) bond motifs is 5. The van der Waals surface area contributed by atoms with Crippen LogP contribution in [0.4, 0.5) is 0 Å². The van der Waals surface area contributed by atoms with E-state index in [9.17, 15) is 5.21 Å². The highest BCUT2D eigenvalue weighted by Crippen LogP contribution is 2.54. The first kappa shape index (κ1) is 13.0. The summed E-state index contributed by atoms with van der Waals surface area (Å²) in [5, 5.41) is 21.5. The second-order valence-electron chi connectivity index (χ2n) is 6.84. The van der Waals surface area contributed by atoms with Gasteiger partial charge in [-0.2, -0.15) is 4.74 Å². The molecule has 3 heterocycles. The molecule has 7 heteroatoms. The fourth-order valence-corrected chi connectivity index (χ4v) is 5.24. The summed E-state index contributed by atoms with van der Waals surface area (Å²) in [4.78, 5) is 2.37. The van der Waals surface area contributed by atoms with E-state index in [-0.39, 0.29) is 11.6 Å². The molecule has 2 aliphatic carbocycles. The molecule has 0 unspecified atom stereocenters. The van der Waals surface area contributed by atoms with Crippen LogP contribution < -0.4 is 0 Å². The molecule has 1 aromatic rings. The summed E-state index contributed by atoms with van der Waals surface area (Å²) in [7, 11) is 0. The number of ether oxygens (including phenoxy) is 1. The lowest BCUT2D eigenvalue weighted by Gasteiger charge is -2.41. The van der Waals surface area contributed by atoms with Gasteiger partial charge in [-0.05, 0) is 12.8 Å². The van der Waals surface area contributed by atoms with Crippen molar-refractivity contribution in [3.05, 3.63) is 16.6 Å². The molecule has 1 saturated carbocycles. The van der Waals surface area contributed by atoms with Gasteiger partial charge in [-0.3, -0.25) is 0 Å². The quantitative estimate of drug-likeness (QED) is 0.566. The minimum Gasteiger partial charge on any atom is -0.622 e. The standard InChI is InChI=1S/C15H20N4O3/c20-19-12-4-3-11-14(17-22-16-11)13(12)10-2-1-5-15(10,19)18-6-8-21-9-7-18/h10,13H,1-9H2/t10-,13-,15-/m1/s1. The summed E-state index contributed by atoms with van der Waals surface area (Å²) in [6.07, 6.45) is 4.69. The first-order chi connectivity index (χ1) is 10.8. The van der Waals surface area contributed by atoms with Crippen LogP contribution in [0.1, 0.15) is 43.0 Å². The first-order valence-electron chi connectivity index (χ1n) is 8.29. The Balaban J connectivity index is 1.63. The van der Waals surface area contributed by atoms with E-state index in [4.69, 9.17) is 9.37 Å². The summed E-state index contributed by atoms with van der Waals surface area (Å²) in [5.41, 5.74) is 2.49. The fourth-order valence-electron chi connectivity index (χ4n) is 5.24. The van der Waals surface area contributed by atoms with Crippen molar-refractivity contribution < 1.29 is 14.1 Å². The van der Waals surface area contributed by atoms with Gasteiger partial charge in [0.05, 0.1) is 25.0 Å². The van der Waals surface area contributed by atoms with Crippen LogP contribution in [-0.2, 0) is 11.2 Å². The van der Waals surface area contributed by atoms with Crippen molar-refractivity contribution in [1.82, 2.24) is 15.2 Å². The van der Waals surface area contributed by atoms with E-state index in [2.05, 4.69) is 15.2 Å². The molecule has 1 saturated heterocycles. The van der Waals surface area contributed by atoms with E-state index in [1.165, 1.54) is 4.74 Å². The third-order valence-corrected chi connectivity index (χ3v) is 6.08. The zero-order chi connectivity index (χ0) is 14.7. The molecular weight excluding hydrogens is 284 g/mol. The smallest absolute Gasteiger partial charge is 0.233 e. The molecule has 0 radical (unpaired) electrons. The lowest BCUT2D eigenvalue weighted by atomic mass is 9.77. The van der Waals surface area contributed by atoms with Crippen LogP contribution in [0.2, 0.25) is 0 Å². The van der Waals surface area contributed by atoms with E-state index in [0.717, 1.165) is 75.5 Å². The van der Waals surface area contributed by atoms with Crippen molar-refractivity contribution in [1.29, 1.82) is 0 Å². The van der Waals surface area contributed by atoms with Gasteiger partial charge in [-0.1, -0.05) is 10.3 Å². The van der Waals surface area contributed by atoms with Crippen LogP contribution in [0.15, 0.2) is 4.63 Å². The monoisotopic (exact) mass is 304 g/mol. The van der Waals surface area contributed by atoms with Crippen LogP contribution in [0.25, 0.3) is 0 Å². The molecular formula is C15H20N4O3. The average Bonchev–Trinajstić information content (AvgIpc) is 3.24. The summed E-state index contributed by atoms with van der Waals surface area (Å²) < 4.78 is 11.8. The van der Waals surface area contributed by atoms with Gasteiger partial charge in [0.1, 0.15) is 11.4 Å². The van der Waals surface area contributed by atoms with Crippen molar-refractivity contribution in [3.63, 3.8) is 0 Å². The normalized spacial score (nSPS) is 38.0. The number of morpholine rings is 1. The van der Waals surface area contributed by atoms with Gasteiger partial charge in [-0.15, -0.1) is 0 Å². The molecule has 0 amide bonds. The molecule has 22 heavy (non-hydrogen) atoms. The molecule has 2 aliphatic heterocycles. The van der Waals surface area contributed by atoms with Crippen molar-refractivity contribution in [2.24, 2.45) is 5.92 Å². The second-order valence-corrected chi connectivity index (χ2v) is 6.84. The summed E-state index contributed by atoms with van der Waals surface area (Å²) in [6.45, 7) is 3.14. The van der Waals surface area contributed by atoms with Gasteiger partial charge in [0.25, 0.3) is 0 Å². The Kier molecular flexibility index (Phi) is 2.67. The van der Waals surface area contributed by atoms with Crippen molar-refractivity contribution in [2.75, 3.05) is 26.3 Å². The Morgan fingerprint density at radius 1 is 1.23 bits per heavy atom. The van der Waals surface area contributed by atoms with Crippen LogP contribution >= 0.6 is 0 Å². The van der Waals surface area contributed by atoms with Crippen LogP contribution in [-0.4, -0.2) is 57.6 Å². The fraction of sp³-hybridized carbons (Fsp3) is 0.800. The number of aromatic nitrogens is 2. The third-order valence-electron chi connectivity index (χ3n) is 6.08. The predicted octanol–water partition coefficient (Wildman–Crippen LogP) is 0.893. The Morgan fingerprint density at radius 2 is 2.09 bits per heavy atom. The third kappa shape index (κ3) is 1.46. The second kappa shape index (κ2) is 4.52. The van der Waals surface area contributed by atoms with Gasteiger partial charge in [0.2, 0.25) is 5.66 Å². The zero-order valence-corrected chi connectivity index (χ0v) is 12.5. The molecule has 0 N–H and O–H groups in total. The molecule has 4 aliphatic rings. The van der Waals surface area contributed by atoms with E-state index >= 15 is 0 Å². The highest BCUT2D eigenvalue weighted by atomic mass is 16.6. The average molecular weight is 304 g/mol. The van der Waals surface area contributed by atoms with E-state index in [0.29, 0.717) is 5.92 Å². The molecule has 5 rings (SSSR count). The SMILES string of the molecule is [O-][N+]1=C2CCc3nonc3[C@@H]2[C@H]2CCC[C@]21N1CCOCC1. The molecule has 0 aromatic carbocycles. The first-order valence-corrected chi connectivity index (χ1v) is 8.29. The molecule has 118 valence electrons. The largest absolute Gasteiger partial charge is 0.622 e.